The third-order valence-electron chi connectivity index (χ3n) is 4.68. The van der Waals surface area contributed by atoms with Gasteiger partial charge in [0.15, 0.2) is 0 Å². The number of hydrogen-bond donors (Lipinski definition) is 0. The Bertz CT molecular complexity index is 272. The van der Waals surface area contributed by atoms with E-state index in [-0.39, 0.29) is 5.97 Å². The van der Waals surface area contributed by atoms with Gasteiger partial charge in [0, 0.05) is 9.47 Å². The van der Waals surface area contributed by atoms with Crippen LogP contribution in [0.3, 0.4) is 0 Å². The summed E-state index contributed by atoms with van der Waals surface area (Å²) in [6, 6.07) is 0. The SMILES string of the molecule is CCCCCCCCCCCCCCCCCCOC(=O)CCOP. The fourth-order valence-electron chi connectivity index (χ4n) is 3.05. The summed E-state index contributed by atoms with van der Waals surface area (Å²) in [4.78, 5) is 11.3. The number of carbonyl (C=O) groups is 1. The maximum absolute atomic E-state index is 11.3. The lowest BCUT2D eigenvalue weighted by molar-refractivity contribution is -0.144. The minimum atomic E-state index is -0.150. The molecule has 0 amide bonds. The lowest BCUT2D eigenvalue weighted by Crippen LogP contribution is -2.07. The van der Waals surface area contributed by atoms with Crippen LogP contribution in [0.2, 0.25) is 0 Å². The van der Waals surface area contributed by atoms with Crippen molar-refractivity contribution >= 4 is 15.4 Å². The number of ether oxygens (including phenoxy) is 1. The van der Waals surface area contributed by atoms with Gasteiger partial charge in [-0.3, -0.25) is 4.79 Å². The van der Waals surface area contributed by atoms with Crippen LogP contribution in [0.1, 0.15) is 116 Å². The normalized spacial score (nSPS) is 11.0. The second-order valence-electron chi connectivity index (χ2n) is 7.14. The summed E-state index contributed by atoms with van der Waals surface area (Å²) >= 11 is 0. The Hall–Kier alpha value is -0.140. The van der Waals surface area contributed by atoms with Gasteiger partial charge in [0.25, 0.3) is 0 Å². The third-order valence-corrected chi connectivity index (χ3v) is 4.92. The molecule has 0 aliphatic carbocycles. The molecule has 1 atom stereocenters. The van der Waals surface area contributed by atoms with Crippen LogP contribution in [-0.2, 0) is 14.1 Å². The van der Waals surface area contributed by atoms with Crippen LogP contribution in [-0.4, -0.2) is 19.2 Å². The molecule has 0 rings (SSSR count). The topological polar surface area (TPSA) is 35.5 Å². The van der Waals surface area contributed by atoms with E-state index in [2.05, 4.69) is 16.4 Å². The molecular weight excluding hydrogens is 331 g/mol. The molecule has 0 heterocycles. The largest absolute Gasteiger partial charge is 0.466 e. The highest BCUT2D eigenvalue weighted by atomic mass is 31.0. The first-order valence-electron chi connectivity index (χ1n) is 10.8. The maximum Gasteiger partial charge on any atom is 0.308 e. The van der Waals surface area contributed by atoms with Gasteiger partial charge in [0.1, 0.15) is 0 Å². The van der Waals surface area contributed by atoms with Crippen LogP contribution in [0.4, 0.5) is 0 Å². The average molecular weight is 375 g/mol. The van der Waals surface area contributed by atoms with Gasteiger partial charge in [-0.15, -0.1) is 0 Å². The van der Waals surface area contributed by atoms with Crippen molar-refractivity contribution in [1.29, 1.82) is 0 Å². The lowest BCUT2D eigenvalue weighted by atomic mass is 10.0. The third kappa shape index (κ3) is 21.8. The zero-order valence-electron chi connectivity index (χ0n) is 16.7. The summed E-state index contributed by atoms with van der Waals surface area (Å²) in [5.41, 5.74) is 0. The molecule has 0 aliphatic heterocycles. The van der Waals surface area contributed by atoms with Crippen molar-refractivity contribution in [3.8, 4) is 0 Å². The monoisotopic (exact) mass is 374 g/mol. The smallest absolute Gasteiger partial charge is 0.308 e. The van der Waals surface area contributed by atoms with E-state index in [4.69, 9.17) is 9.26 Å². The molecule has 0 radical (unpaired) electrons. The molecule has 3 nitrogen and oxygen atoms in total. The van der Waals surface area contributed by atoms with E-state index in [1.807, 2.05) is 0 Å². The van der Waals surface area contributed by atoms with Gasteiger partial charge in [-0.2, -0.15) is 0 Å². The number of carbonyl (C=O) groups excluding carboxylic acids is 1. The molecule has 25 heavy (non-hydrogen) atoms. The molecule has 4 heteroatoms. The van der Waals surface area contributed by atoms with Crippen LogP contribution in [0.15, 0.2) is 0 Å². The van der Waals surface area contributed by atoms with Crippen molar-refractivity contribution < 1.29 is 14.1 Å². The molecule has 0 N–H and O–H groups in total. The summed E-state index contributed by atoms with van der Waals surface area (Å²) < 4.78 is 9.90. The van der Waals surface area contributed by atoms with Gasteiger partial charge in [-0.05, 0) is 6.42 Å². The molecule has 0 saturated carbocycles. The first kappa shape index (κ1) is 24.9. The summed E-state index contributed by atoms with van der Waals surface area (Å²) in [6.07, 6.45) is 22.1. The first-order chi connectivity index (χ1) is 12.3. The van der Waals surface area contributed by atoms with E-state index in [0.717, 1.165) is 6.42 Å². The van der Waals surface area contributed by atoms with Gasteiger partial charge in [0.2, 0.25) is 0 Å². The second kappa shape index (κ2) is 21.9. The highest BCUT2D eigenvalue weighted by Crippen LogP contribution is 2.13. The number of hydrogen-bond acceptors (Lipinski definition) is 3. The van der Waals surface area contributed by atoms with Crippen LogP contribution >= 0.6 is 9.47 Å². The molecule has 0 aliphatic rings. The Balaban J connectivity index is 3.04. The molecule has 1 unspecified atom stereocenters. The molecule has 0 saturated heterocycles. The van der Waals surface area contributed by atoms with Gasteiger partial charge in [-0.1, -0.05) is 103 Å². The van der Waals surface area contributed by atoms with E-state index in [9.17, 15) is 4.79 Å². The summed E-state index contributed by atoms with van der Waals surface area (Å²) in [6.45, 7) is 3.26. The summed E-state index contributed by atoms with van der Waals surface area (Å²) in [5, 5.41) is 0. The maximum atomic E-state index is 11.3. The Labute approximate surface area is 159 Å². The van der Waals surface area contributed by atoms with Crippen molar-refractivity contribution in [2.45, 2.75) is 116 Å². The standard InChI is InChI=1S/C21H43O3P/c1-2-3-4-5-6-7-8-9-10-11-12-13-14-15-16-17-19-23-21(22)18-20-24-25/h2-20,25H2,1H3. The highest BCUT2D eigenvalue weighted by Gasteiger charge is 2.01. The van der Waals surface area contributed by atoms with Crippen molar-refractivity contribution in [2.75, 3.05) is 13.2 Å². The van der Waals surface area contributed by atoms with Crippen molar-refractivity contribution in [2.24, 2.45) is 0 Å². The van der Waals surface area contributed by atoms with Crippen molar-refractivity contribution in [1.82, 2.24) is 0 Å². The summed E-state index contributed by atoms with van der Waals surface area (Å²) in [5.74, 6) is -0.150. The zero-order chi connectivity index (χ0) is 18.4. The number of esters is 1. The van der Waals surface area contributed by atoms with E-state index in [1.165, 1.54) is 96.3 Å². The zero-order valence-corrected chi connectivity index (χ0v) is 17.9. The molecule has 0 fully saturated rings. The Kier molecular flexibility index (Phi) is 21.8. The molecule has 0 aromatic carbocycles. The first-order valence-corrected chi connectivity index (χ1v) is 11.3. The van der Waals surface area contributed by atoms with Crippen LogP contribution < -0.4 is 0 Å². The molecule has 150 valence electrons. The van der Waals surface area contributed by atoms with Crippen molar-refractivity contribution in [3.05, 3.63) is 0 Å². The predicted molar refractivity (Wildman–Crippen MR) is 111 cm³/mol. The molecule has 0 bridgehead atoms. The highest BCUT2D eigenvalue weighted by molar-refractivity contribution is 7.09. The Morgan fingerprint density at radius 3 is 1.44 bits per heavy atom. The van der Waals surface area contributed by atoms with E-state index in [0.29, 0.717) is 19.6 Å². The lowest BCUT2D eigenvalue weighted by Gasteiger charge is -2.05. The second-order valence-corrected chi connectivity index (χ2v) is 7.48. The fraction of sp³-hybridized carbons (Fsp3) is 0.952. The van der Waals surface area contributed by atoms with Crippen LogP contribution in [0.25, 0.3) is 0 Å². The van der Waals surface area contributed by atoms with E-state index in [1.54, 1.807) is 0 Å². The van der Waals surface area contributed by atoms with Crippen LogP contribution in [0.5, 0.6) is 0 Å². The Morgan fingerprint density at radius 2 is 1.04 bits per heavy atom. The van der Waals surface area contributed by atoms with Crippen LogP contribution in [0, 0.1) is 0 Å². The quantitative estimate of drug-likeness (QED) is 0.131. The number of rotatable bonds is 20. The van der Waals surface area contributed by atoms with Gasteiger partial charge >= 0.3 is 5.97 Å². The Morgan fingerprint density at radius 1 is 0.640 bits per heavy atom. The van der Waals surface area contributed by atoms with E-state index < -0.39 is 0 Å². The molecular formula is C21H43O3P. The average Bonchev–Trinajstić information content (AvgIpc) is 2.62. The number of unbranched alkanes of at least 4 members (excludes halogenated alkanes) is 15. The minimum absolute atomic E-state index is 0.150. The molecule has 0 aromatic heterocycles. The van der Waals surface area contributed by atoms with Gasteiger partial charge in [-0.25, -0.2) is 0 Å². The van der Waals surface area contributed by atoms with E-state index >= 15 is 0 Å². The predicted octanol–water partition coefficient (Wildman–Crippen LogP) is 6.99. The molecule has 0 aromatic rings. The van der Waals surface area contributed by atoms with Gasteiger partial charge < -0.3 is 9.26 Å². The fourth-order valence-corrected chi connectivity index (χ4v) is 3.17. The van der Waals surface area contributed by atoms with Gasteiger partial charge in [0.05, 0.1) is 19.6 Å². The molecule has 0 spiro atoms. The van der Waals surface area contributed by atoms with Crippen molar-refractivity contribution in [3.63, 3.8) is 0 Å². The minimum Gasteiger partial charge on any atom is -0.466 e. The summed E-state index contributed by atoms with van der Waals surface area (Å²) in [7, 11) is 2.14.